The van der Waals surface area contributed by atoms with Crippen LogP contribution in [0.25, 0.3) is 0 Å². The number of benzene rings is 2. The zero-order chi connectivity index (χ0) is 13.7. The van der Waals surface area contributed by atoms with Crippen molar-refractivity contribution in [2.75, 3.05) is 12.5 Å². The lowest BCUT2D eigenvalue weighted by molar-refractivity contribution is 0.415. The molecule has 0 amide bonds. The van der Waals surface area contributed by atoms with Crippen LogP contribution >= 0.6 is 11.6 Å². The molecule has 0 fully saturated rings. The van der Waals surface area contributed by atoms with Crippen LogP contribution in [-0.2, 0) is 0 Å². The SMILES string of the molecule is COc1ccc(N/N=C/c2c(F)cccc2Cl)cc1. The van der Waals surface area contributed by atoms with Gasteiger partial charge in [-0.15, -0.1) is 0 Å². The zero-order valence-electron chi connectivity index (χ0n) is 10.2. The van der Waals surface area contributed by atoms with Gasteiger partial charge in [0.2, 0.25) is 0 Å². The Morgan fingerprint density at radius 2 is 1.95 bits per heavy atom. The molecule has 0 aliphatic carbocycles. The predicted octanol–water partition coefficient (Wildman–Crippen LogP) is 3.93. The Morgan fingerprint density at radius 3 is 2.58 bits per heavy atom. The third kappa shape index (κ3) is 3.45. The second-order valence-corrected chi connectivity index (χ2v) is 4.14. The van der Waals surface area contributed by atoms with Crippen LogP contribution in [0.1, 0.15) is 5.56 Å². The summed E-state index contributed by atoms with van der Waals surface area (Å²) in [5.74, 6) is 0.347. The van der Waals surface area contributed by atoms with Crippen LogP contribution in [0.5, 0.6) is 5.75 Å². The lowest BCUT2D eigenvalue weighted by atomic mass is 10.2. The van der Waals surface area contributed by atoms with E-state index in [2.05, 4.69) is 10.5 Å². The molecule has 0 aliphatic heterocycles. The molecule has 0 heterocycles. The second kappa shape index (κ2) is 6.20. The molecule has 0 radical (unpaired) electrons. The van der Waals surface area contributed by atoms with Gasteiger partial charge in [0.15, 0.2) is 0 Å². The average Bonchev–Trinajstić information content (AvgIpc) is 2.43. The van der Waals surface area contributed by atoms with E-state index in [1.807, 2.05) is 0 Å². The molecule has 0 spiro atoms. The van der Waals surface area contributed by atoms with E-state index in [9.17, 15) is 4.39 Å². The molecule has 19 heavy (non-hydrogen) atoms. The van der Waals surface area contributed by atoms with E-state index >= 15 is 0 Å². The van der Waals surface area contributed by atoms with Crippen molar-refractivity contribution in [1.29, 1.82) is 0 Å². The molecule has 0 unspecified atom stereocenters. The van der Waals surface area contributed by atoms with Crippen molar-refractivity contribution < 1.29 is 9.13 Å². The molecule has 2 aromatic carbocycles. The van der Waals surface area contributed by atoms with Gasteiger partial charge in [-0.3, -0.25) is 5.43 Å². The van der Waals surface area contributed by atoms with E-state index in [-0.39, 0.29) is 5.56 Å². The fourth-order valence-electron chi connectivity index (χ4n) is 1.47. The maximum Gasteiger partial charge on any atom is 0.133 e. The van der Waals surface area contributed by atoms with Crippen LogP contribution in [0, 0.1) is 5.82 Å². The normalized spacial score (nSPS) is 10.7. The van der Waals surface area contributed by atoms with E-state index in [0.29, 0.717) is 5.02 Å². The molecule has 0 bridgehead atoms. The molecule has 0 saturated heterocycles. The first kappa shape index (κ1) is 13.4. The number of nitrogens with one attached hydrogen (secondary N) is 1. The monoisotopic (exact) mass is 278 g/mol. The van der Waals surface area contributed by atoms with Gasteiger partial charge >= 0.3 is 0 Å². The molecule has 5 heteroatoms. The highest BCUT2D eigenvalue weighted by Crippen LogP contribution is 2.17. The summed E-state index contributed by atoms with van der Waals surface area (Å²) in [6.45, 7) is 0. The summed E-state index contributed by atoms with van der Waals surface area (Å²) in [5, 5.41) is 4.27. The van der Waals surface area contributed by atoms with Crippen molar-refractivity contribution >= 4 is 23.5 Å². The summed E-state index contributed by atoms with van der Waals surface area (Å²) >= 11 is 5.88. The van der Waals surface area contributed by atoms with Crippen LogP contribution < -0.4 is 10.2 Å². The van der Waals surface area contributed by atoms with E-state index < -0.39 is 5.82 Å². The number of hydrogen-bond acceptors (Lipinski definition) is 3. The Bertz CT molecular complexity index is 564. The van der Waals surface area contributed by atoms with Crippen LogP contribution in [0.2, 0.25) is 5.02 Å². The molecule has 2 aromatic rings. The Balaban J connectivity index is 2.07. The van der Waals surface area contributed by atoms with Crippen molar-refractivity contribution in [3.63, 3.8) is 0 Å². The number of rotatable bonds is 4. The minimum Gasteiger partial charge on any atom is -0.497 e. The predicted molar refractivity (Wildman–Crippen MR) is 75.6 cm³/mol. The number of methoxy groups -OCH3 is 1. The Kier molecular flexibility index (Phi) is 4.36. The summed E-state index contributed by atoms with van der Waals surface area (Å²) in [7, 11) is 1.60. The fraction of sp³-hybridized carbons (Fsp3) is 0.0714. The van der Waals surface area contributed by atoms with E-state index in [1.54, 1.807) is 43.5 Å². The summed E-state index contributed by atoms with van der Waals surface area (Å²) in [4.78, 5) is 0. The summed E-state index contributed by atoms with van der Waals surface area (Å²) in [5.41, 5.74) is 3.81. The summed E-state index contributed by atoms with van der Waals surface area (Å²) in [6.07, 6.45) is 1.35. The Labute approximate surface area is 115 Å². The highest BCUT2D eigenvalue weighted by molar-refractivity contribution is 6.33. The van der Waals surface area contributed by atoms with E-state index in [1.165, 1.54) is 12.3 Å². The van der Waals surface area contributed by atoms with Crippen LogP contribution in [0.3, 0.4) is 0 Å². The summed E-state index contributed by atoms with van der Waals surface area (Å²) in [6, 6.07) is 11.7. The lowest BCUT2D eigenvalue weighted by Gasteiger charge is -2.03. The second-order valence-electron chi connectivity index (χ2n) is 3.73. The summed E-state index contributed by atoms with van der Waals surface area (Å²) < 4.78 is 18.5. The molecular weight excluding hydrogens is 267 g/mol. The van der Waals surface area contributed by atoms with Crippen LogP contribution in [-0.4, -0.2) is 13.3 Å². The molecule has 2 rings (SSSR count). The van der Waals surface area contributed by atoms with Gasteiger partial charge in [0.25, 0.3) is 0 Å². The number of hydrogen-bond donors (Lipinski definition) is 1. The maximum atomic E-state index is 13.5. The number of hydrazone groups is 1. The number of ether oxygens (including phenoxy) is 1. The molecule has 0 atom stereocenters. The fourth-order valence-corrected chi connectivity index (χ4v) is 1.68. The Morgan fingerprint density at radius 1 is 1.21 bits per heavy atom. The number of nitrogens with zero attached hydrogens (tertiary/aromatic N) is 1. The standard InChI is InChI=1S/C14H12ClFN2O/c1-19-11-7-5-10(6-8-11)18-17-9-12-13(15)3-2-4-14(12)16/h2-9,18H,1H3/b17-9+. The van der Waals surface area contributed by atoms with Crippen molar-refractivity contribution in [3.8, 4) is 5.75 Å². The topological polar surface area (TPSA) is 33.6 Å². The van der Waals surface area contributed by atoms with E-state index in [0.717, 1.165) is 11.4 Å². The third-order valence-corrected chi connectivity index (χ3v) is 2.81. The quantitative estimate of drug-likeness (QED) is 0.679. The highest BCUT2D eigenvalue weighted by Gasteiger charge is 2.03. The van der Waals surface area contributed by atoms with Crippen molar-refractivity contribution in [2.24, 2.45) is 5.10 Å². The highest BCUT2D eigenvalue weighted by atomic mass is 35.5. The van der Waals surface area contributed by atoms with Gasteiger partial charge in [0.1, 0.15) is 11.6 Å². The number of halogens is 2. The first-order valence-electron chi connectivity index (χ1n) is 5.58. The molecule has 0 aromatic heterocycles. The molecule has 3 nitrogen and oxygen atoms in total. The van der Waals surface area contributed by atoms with Crippen molar-refractivity contribution in [1.82, 2.24) is 0 Å². The van der Waals surface area contributed by atoms with Gasteiger partial charge in [0, 0.05) is 5.56 Å². The minimum atomic E-state index is -0.409. The molecule has 98 valence electrons. The lowest BCUT2D eigenvalue weighted by Crippen LogP contribution is -1.94. The first-order chi connectivity index (χ1) is 9.20. The smallest absolute Gasteiger partial charge is 0.133 e. The third-order valence-electron chi connectivity index (χ3n) is 2.48. The maximum absolute atomic E-state index is 13.5. The van der Waals surface area contributed by atoms with Gasteiger partial charge in [-0.2, -0.15) is 5.10 Å². The Hall–Kier alpha value is -2.07. The zero-order valence-corrected chi connectivity index (χ0v) is 11.0. The van der Waals surface area contributed by atoms with Crippen molar-refractivity contribution in [3.05, 3.63) is 58.9 Å². The minimum absolute atomic E-state index is 0.255. The van der Waals surface area contributed by atoms with Crippen LogP contribution in [0.4, 0.5) is 10.1 Å². The molecule has 1 N–H and O–H groups in total. The van der Waals surface area contributed by atoms with Gasteiger partial charge in [-0.1, -0.05) is 17.7 Å². The average molecular weight is 279 g/mol. The van der Waals surface area contributed by atoms with Gasteiger partial charge < -0.3 is 4.74 Å². The van der Waals surface area contributed by atoms with Gasteiger partial charge in [-0.25, -0.2) is 4.39 Å². The molecular formula is C14H12ClFN2O. The van der Waals surface area contributed by atoms with Gasteiger partial charge in [0.05, 0.1) is 24.0 Å². The molecule has 0 saturated carbocycles. The van der Waals surface area contributed by atoms with Crippen LogP contribution in [0.15, 0.2) is 47.6 Å². The first-order valence-corrected chi connectivity index (χ1v) is 5.95. The van der Waals surface area contributed by atoms with Gasteiger partial charge in [-0.05, 0) is 36.4 Å². The van der Waals surface area contributed by atoms with Crippen molar-refractivity contribution in [2.45, 2.75) is 0 Å². The largest absolute Gasteiger partial charge is 0.497 e. The number of anilines is 1. The van der Waals surface area contributed by atoms with E-state index in [4.69, 9.17) is 16.3 Å². The molecule has 0 aliphatic rings.